The molecule has 108 valence electrons. The van der Waals surface area contributed by atoms with Gasteiger partial charge in [-0.05, 0) is 18.4 Å². The molecular formula is C13H11N3OS4. The van der Waals surface area contributed by atoms with Crippen LogP contribution in [0.3, 0.4) is 0 Å². The molecule has 0 atom stereocenters. The highest BCUT2D eigenvalue weighted by molar-refractivity contribution is 8.01. The van der Waals surface area contributed by atoms with Gasteiger partial charge in [-0.3, -0.25) is 4.79 Å². The SMILES string of the molecule is Cc1csc(SCC(=O)Nc2nc(-c3cccs3)cs2)n1. The van der Waals surface area contributed by atoms with E-state index in [9.17, 15) is 4.79 Å². The van der Waals surface area contributed by atoms with Crippen molar-refractivity contribution in [3.05, 3.63) is 34.0 Å². The fourth-order valence-electron chi connectivity index (χ4n) is 1.55. The average molecular weight is 354 g/mol. The summed E-state index contributed by atoms with van der Waals surface area (Å²) in [7, 11) is 0. The second kappa shape index (κ2) is 6.69. The Bertz CT molecular complexity index is 732. The van der Waals surface area contributed by atoms with Crippen molar-refractivity contribution < 1.29 is 4.79 Å². The van der Waals surface area contributed by atoms with Crippen LogP contribution in [0, 0.1) is 6.92 Å². The number of amides is 1. The van der Waals surface area contributed by atoms with E-state index in [1.165, 1.54) is 23.1 Å². The van der Waals surface area contributed by atoms with E-state index in [-0.39, 0.29) is 5.91 Å². The maximum absolute atomic E-state index is 11.9. The molecule has 3 rings (SSSR count). The van der Waals surface area contributed by atoms with Crippen LogP contribution in [-0.2, 0) is 4.79 Å². The van der Waals surface area contributed by atoms with Gasteiger partial charge >= 0.3 is 0 Å². The van der Waals surface area contributed by atoms with Crippen LogP contribution >= 0.6 is 45.8 Å². The first-order valence-corrected chi connectivity index (χ1v) is 9.67. The molecule has 0 saturated heterocycles. The number of thiazole rings is 2. The summed E-state index contributed by atoms with van der Waals surface area (Å²) in [6.45, 7) is 1.95. The Hall–Kier alpha value is -1.22. The zero-order valence-corrected chi connectivity index (χ0v) is 14.3. The van der Waals surface area contributed by atoms with Crippen LogP contribution in [0.1, 0.15) is 5.69 Å². The number of hydrogen-bond acceptors (Lipinski definition) is 7. The van der Waals surface area contributed by atoms with Crippen molar-refractivity contribution in [3.8, 4) is 10.6 Å². The maximum Gasteiger partial charge on any atom is 0.236 e. The predicted molar refractivity (Wildman–Crippen MR) is 91.6 cm³/mol. The Balaban J connectivity index is 1.55. The van der Waals surface area contributed by atoms with Crippen molar-refractivity contribution in [2.24, 2.45) is 0 Å². The molecule has 21 heavy (non-hydrogen) atoms. The molecule has 0 aliphatic carbocycles. The summed E-state index contributed by atoms with van der Waals surface area (Å²) in [5.41, 5.74) is 1.90. The average Bonchev–Trinajstić information content (AvgIpc) is 3.16. The predicted octanol–water partition coefficient (Wildman–Crippen LogP) is 4.37. The highest BCUT2D eigenvalue weighted by atomic mass is 32.2. The number of nitrogens with one attached hydrogen (secondary N) is 1. The number of hydrogen-bond donors (Lipinski definition) is 1. The number of carbonyl (C=O) groups excluding carboxylic acids is 1. The van der Waals surface area contributed by atoms with Gasteiger partial charge in [-0.25, -0.2) is 9.97 Å². The molecule has 0 aliphatic heterocycles. The Morgan fingerprint density at radius 3 is 2.90 bits per heavy atom. The fraction of sp³-hybridized carbons (Fsp3) is 0.154. The number of aromatic nitrogens is 2. The van der Waals surface area contributed by atoms with Gasteiger partial charge in [-0.1, -0.05) is 17.8 Å². The molecule has 0 unspecified atom stereocenters. The van der Waals surface area contributed by atoms with Gasteiger partial charge in [0, 0.05) is 16.5 Å². The summed E-state index contributed by atoms with van der Waals surface area (Å²) in [5, 5.41) is 9.42. The van der Waals surface area contributed by atoms with Gasteiger partial charge in [-0.2, -0.15) is 0 Å². The number of nitrogens with zero attached hydrogens (tertiary/aromatic N) is 2. The number of anilines is 1. The first kappa shape index (κ1) is 14.7. The minimum absolute atomic E-state index is 0.0556. The Morgan fingerprint density at radius 1 is 1.29 bits per heavy atom. The van der Waals surface area contributed by atoms with Crippen LogP contribution in [0.25, 0.3) is 10.6 Å². The zero-order valence-electron chi connectivity index (χ0n) is 11.0. The number of aryl methyl sites for hydroxylation is 1. The van der Waals surface area contributed by atoms with Crippen LogP contribution < -0.4 is 5.32 Å². The normalized spacial score (nSPS) is 10.7. The highest BCUT2D eigenvalue weighted by Gasteiger charge is 2.10. The molecule has 0 fully saturated rings. The topological polar surface area (TPSA) is 54.9 Å². The van der Waals surface area contributed by atoms with E-state index in [2.05, 4.69) is 15.3 Å². The van der Waals surface area contributed by atoms with Crippen molar-refractivity contribution in [3.63, 3.8) is 0 Å². The third-order valence-corrected chi connectivity index (χ3v) is 6.24. The maximum atomic E-state index is 11.9. The van der Waals surface area contributed by atoms with Gasteiger partial charge in [0.25, 0.3) is 0 Å². The minimum atomic E-state index is -0.0556. The van der Waals surface area contributed by atoms with E-state index >= 15 is 0 Å². The van der Waals surface area contributed by atoms with E-state index in [1.807, 2.05) is 35.2 Å². The molecule has 8 heteroatoms. The molecule has 0 radical (unpaired) electrons. The Morgan fingerprint density at radius 2 is 2.19 bits per heavy atom. The molecular weight excluding hydrogens is 342 g/mol. The molecule has 3 aromatic rings. The largest absolute Gasteiger partial charge is 0.301 e. The van der Waals surface area contributed by atoms with E-state index in [4.69, 9.17) is 0 Å². The minimum Gasteiger partial charge on any atom is -0.301 e. The number of rotatable bonds is 5. The first-order chi connectivity index (χ1) is 10.2. The molecule has 0 aliphatic rings. The summed E-state index contributed by atoms with van der Waals surface area (Å²) in [5.74, 6) is 0.292. The number of thioether (sulfide) groups is 1. The molecule has 0 aromatic carbocycles. The van der Waals surface area contributed by atoms with Crippen LogP contribution in [0.15, 0.2) is 32.6 Å². The molecule has 4 nitrogen and oxygen atoms in total. The third kappa shape index (κ3) is 3.91. The monoisotopic (exact) mass is 353 g/mol. The Kier molecular flexibility index (Phi) is 4.69. The van der Waals surface area contributed by atoms with Crippen molar-refractivity contribution >= 4 is 56.8 Å². The van der Waals surface area contributed by atoms with E-state index in [1.54, 1.807) is 22.7 Å². The summed E-state index contributed by atoms with van der Waals surface area (Å²) in [4.78, 5) is 21.8. The number of carbonyl (C=O) groups is 1. The van der Waals surface area contributed by atoms with Crippen LogP contribution in [0.5, 0.6) is 0 Å². The van der Waals surface area contributed by atoms with Crippen molar-refractivity contribution in [2.45, 2.75) is 11.3 Å². The van der Waals surface area contributed by atoms with Gasteiger partial charge in [0.05, 0.1) is 16.3 Å². The molecule has 1 amide bonds. The molecule has 3 aromatic heterocycles. The quantitative estimate of drug-likeness (QED) is 0.692. The van der Waals surface area contributed by atoms with Crippen molar-refractivity contribution in [1.29, 1.82) is 0 Å². The van der Waals surface area contributed by atoms with E-state index in [0.29, 0.717) is 10.9 Å². The molecule has 0 spiro atoms. The van der Waals surface area contributed by atoms with Gasteiger partial charge in [0.15, 0.2) is 9.47 Å². The molecule has 0 bridgehead atoms. The lowest BCUT2D eigenvalue weighted by Crippen LogP contribution is -2.13. The van der Waals surface area contributed by atoms with E-state index < -0.39 is 0 Å². The number of thiophene rings is 1. The zero-order chi connectivity index (χ0) is 14.7. The third-order valence-electron chi connectivity index (χ3n) is 2.45. The molecule has 1 N–H and O–H groups in total. The summed E-state index contributed by atoms with van der Waals surface area (Å²) in [6, 6.07) is 4.01. The fourth-order valence-corrected chi connectivity index (χ4v) is 4.69. The Labute approximate surface area is 138 Å². The lowest BCUT2D eigenvalue weighted by atomic mass is 10.4. The lowest BCUT2D eigenvalue weighted by molar-refractivity contribution is -0.113. The lowest BCUT2D eigenvalue weighted by Gasteiger charge is -1.99. The van der Waals surface area contributed by atoms with Gasteiger partial charge in [0.1, 0.15) is 0 Å². The van der Waals surface area contributed by atoms with Crippen LogP contribution in [0.4, 0.5) is 5.13 Å². The van der Waals surface area contributed by atoms with Crippen LogP contribution in [-0.4, -0.2) is 21.6 Å². The van der Waals surface area contributed by atoms with Crippen molar-refractivity contribution in [1.82, 2.24) is 9.97 Å². The van der Waals surface area contributed by atoms with Crippen LogP contribution in [0.2, 0.25) is 0 Å². The van der Waals surface area contributed by atoms with Gasteiger partial charge in [0.2, 0.25) is 5.91 Å². The van der Waals surface area contributed by atoms with Crippen molar-refractivity contribution in [2.75, 3.05) is 11.1 Å². The van der Waals surface area contributed by atoms with Gasteiger partial charge in [-0.15, -0.1) is 34.0 Å². The summed E-state index contributed by atoms with van der Waals surface area (Å²) in [6.07, 6.45) is 0. The highest BCUT2D eigenvalue weighted by Crippen LogP contribution is 2.28. The standard InChI is InChI=1S/C13H11N3OS4/c1-8-5-20-13(14-8)21-7-11(17)16-12-15-9(6-19-12)10-3-2-4-18-10/h2-6H,7H2,1H3,(H,15,16,17). The first-order valence-electron chi connectivity index (χ1n) is 6.05. The summed E-state index contributed by atoms with van der Waals surface area (Å²) >= 11 is 6.09. The molecule has 3 heterocycles. The molecule has 0 saturated carbocycles. The summed E-state index contributed by atoms with van der Waals surface area (Å²) < 4.78 is 0.918. The smallest absolute Gasteiger partial charge is 0.236 e. The van der Waals surface area contributed by atoms with Gasteiger partial charge < -0.3 is 5.32 Å². The second-order valence-electron chi connectivity index (χ2n) is 4.11. The second-order valence-corrected chi connectivity index (χ2v) is 7.99. The van der Waals surface area contributed by atoms with E-state index in [0.717, 1.165) is 20.6 Å².